The zero-order chi connectivity index (χ0) is 8.93. The summed E-state index contributed by atoms with van der Waals surface area (Å²) in [6.45, 7) is 0. The van der Waals surface area contributed by atoms with E-state index in [9.17, 15) is 0 Å². The fraction of sp³-hybridized carbons (Fsp3) is 0. The van der Waals surface area contributed by atoms with E-state index in [4.69, 9.17) is 16.8 Å². The van der Waals surface area contributed by atoms with Gasteiger partial charge in [-0.1, -0.05) is 18.2 Å². The molecule has 1 aliphatic rings. The van der Waals surface area contributed by atoms with Gasteiger partial charge in [0.1, 0.15) is 5.75 Å². The molecule has 1 heterocycles. The summed E-state index contributed by atoms with van der Waals surface area (Å²) in [5.41, 5.74) is 0. The molecule has 0 radical (unpaired) electrons. The van der Waals surface area contributed by atoms with E-state index in [-0.39, 0.29) is 0 Å². The van der Waals surface area contributed by atoms with E-state index in [1.807, 2.05) is 30.3 Å². The van der Waals surface area contributed by atoms with Crippen molar-refractivity contribution in [3.63, 3.8) is 0 Å². The quantitative estimate of drug-likeness (QED) is 0.601. The van der Waals surface area contributed by atoms with E-state index < -0.39 is 29.5 Å². The molecule has 0 spiro atoms. The van der Waals surface area contributed by atoms with Crippen molar-refractivity contribution in [1.29, 1.82) is 0 Å². The Morgan fingerprint density at radius 2 is 1.77 bits per heavy atom. The Morgan fingerprint density at radius 3 is 2.46 bits per heavy atom. The Balaban J connectivity index is 1.90. The topological polar surface area (TPSA) is 36.9 Å². The highest BCUT2D eigenvalue weighted by Gasteiger charge is 2.21. The first-order chi connectivity index (χ1) is 6.45. The summed E-state index contributed by atoms with van der Waals surface area (Å²) in [6, 6.07) is 9.61. The van der Waals surface area contributed by atoms with Crippen LogP contribution in [0.5, 0.6) is 5.75 Å². The molecular formula is C6H10O4Si3. The van der Waals surface area contributed by atoms with Gasteiger partial charge in [-0.2, -0.15) is 0 Å². The molecule has 0 aromatic heterocycles. The zero-order valence-electron chi connectivity index (χ0n) is 7.01. The molecule has 70 valence electrons. The second-order valence-corrected chi connectivity index (χ2v) is 8.08. The Hall–Kier alpha value is -0.449. The summed E-state index contributed by atoms with van der Waals surface area (Å²) in [6.07, 6.45) is 0. The molecule has 0 saturated carbocycles. The van der Waals surface area contributed by atoms with Gasteiger partial charge in [-0.05, 0) is 12.1 Å². The van der Waals surface area contributed by atoms with E-state index in [0.29, 0.717) is 0 Å². The lowest BCUT2D eigenvalue weighted by Gasteiger charge is -2.21. The van der Waals surface area contributed by atoms with Gasteiger partial charge in [-0.3, -0.25) is 0 Å². The lowest BCUT2D eigenvalue weighted by molar-refractivity contribution is 0.250. The van der Waals surface area contributed by atoms with Crippen molar-refractivity contribution in [3.05, 3.63) is 30.3 Å². The predicted octanol–water partition coefficient (Wildman–Crippen LogP) is -1.16. The molecule has 0 N–H and O–H groups in total. The van der Waals surface area contributed by atoms with Crippen LogP contribution in [0, 0.1) is 0 Å². The van der Waals surface area contributed by atoms with Crippen LogP contribution in [0.4, 0.5) is 0 Å². The lowest BCUT2D eigenvalue weighted by atomic mass is 10.3. The van der Waals surface area contributed by atoms with Crippen molar-refractivity contribution in [2.24, 2.45) is 0 Å². The van der Waals surface area contributed by atoms with Gasteiger partial charge in [0.15, 0.2) is 0 Å². The van der Waals surface area contributed by atoms with E-state index in [1.54, 1.807) is 0 Å². The summed E-state index contributed by atoms with van der Waals surface area (Å²) in [7, 11) is -3.42. The van der Waals surface area contributed by atoms with Crippen LogP contribution in [0.2, 0.25) is 0 Å². The van der Waals surface area contributed by atoms with E-state index in [2.05, 4.69) is 0 Å². The number of rotatable bonds is 2. The molecule has 1 aromatic rings. The largest absolute Gasteiger partial charge is 0.530 e. The second kappa shape index (κ2) is 4.69. The minimum absolute atomic E-state index is 0.781. The lowest BCUT2D eigenvalue weighted by Crippen LogP contribution is -2.39. The monoisotopic (exact) mass is 230 g/mol. The van der Waals surface area contributed by atoms with Crippen LogP contribution in [0.3, 0.4) is 0 Å². The summed E-state index contributed by atoms with van der Waals surface area (Å²) in [5, 5.41) is 0. The molecule has 1 aliphatic heterocycles. The molecular weight excluding hydrogens is 220 g/mol. The molecule has 2 rings (SSSR count). The van der Waals surface area contributed by atoms with Crippen molar-refractivity contribution >= 4 is 29.5 Å². The highest BCUT2D eigenvalue weighted by atomic mass is 28.4. The van der Waals surface area contributed by atoms with E-state index >= 15 is 0 Å². The number of hydrogen-bond acceptors (Lipinski definition) is 4. The van der Waals surface area contributed by atoms with Gasteiger partial charge in [-0.25, -0.2) is 0 Å². The average molecular weight is 230 g/mol. The smallest absolute Gasteiger partial charge is 0.504 e. The minimum Gasteiger partial charge on any atom is -0.504 e. The van der Waals surface area contributed by atoms with Crippen LogP contribution < -0.4 is 4.43 Å². The van der Waals surface area contributed by atoms with Crippen molar-refractivity contribution in [2.75, 3.05) is 0 Å². The third kappa shape index (κ3) is 2.76. The fourth-order valence-electron chi connectivity index (χ4n) is 0.968. The van der Waals surface area contributed by atoms with E-state index in [0.717, 1.165) is 5.75 Å². The van der Waals surface area contributed by atoms with Crippen LogP contribution in [0.15, 0.2) is 30.3 Å². The minimum atomic E-state index is -1.85. The van der Waals surface area contributed by atoms with Crippen molar-refractivity contribution < 1.29 is 16.8 Å². The number of hydrogen-bond donors (Lipinski definition) is 0. The molecule has 1 fully saturated rings. The molecule has 0 bridgehead atoms. The van der Waals surface area contributed by atoms with Crippen LogP contribution in [-0.4, -0.2) is 29.5 Å². The van der Waals surface area contributed by atoms with Gasteiger partial charge in [0.25, 0.3) is 20.0 Å². The Kier molecular flexibility index (Phi) is 3.29. The summed E-state index contributed by atoms with van der Waals surface area (Å²) >= 11 is 0. The summed E-state index contributed by atoms with van der Waals surface area (Å²) < 4.78 is 21.3. The maximum Gasteiger partial charge on any atom is 0.530 e. The van der Waals surface area contributed by atoms with Gasteiger partial charge in [0.05, 0.1) is 0 Å². The Morgan fingerprint density at radius 1 is 1.08 bits per heavy atom. The highest BCUT2D eigenvalue weighted by molar-refractivity contribution is 6.57. The molecule has 0 amide bonds. The average Bonchev–Trinajstić information content (AvgIpc) is 2.21. The number of benzene rings is 1. The van der Waals surface area contributed by atoms with Gasteiger partial charge in [0.2, 0.25) is 0 Å². The van der Waals surface area contributed by atoms with Gasteiger partial charge in [-0.15, -0.1) is 0 Å². The first-order valence-electron chi connectivity index (χ1n) is 3.98. The van der Waals surface area contributed by atoms with Crippen LogP contribution in [-0.2, 0) is 12.3 Å². The molecule has 4 nitrogen and oxygen atoms in total. The van der Waals surface area contributed by atoms with Crippen LogP contribution >= 0.6 is 0 Å². The zero-order valence-corrected chi connectivity index (χ0v) is 11.0. The fourth-order valence-corrected chi connectivity index (χ4v) is 6.81. The molecule has 1 aromatic carbocycles. The molecule has 7 heteroatoms. The van der Waals surface area contributed by atoms with E-state index in [1.165, 1.54) is 0 Å². The normalized spacial score (nSPS) is 26.3. The van der Waals surface area contributed by atoms with Crippen molar-refractivity contribution in [2.45, 2.75) is 0 Å². The Bertz CT molecular complexity index is 251. The predicted molar refractivity (Wildman–Crippen MR) is 54.6 cm³/mol. The standard InChI is InChI=1S/C6H10O4Si3/c1-2-4-6(5-3-1)7-13-9-11-8-12-10-13/h1-5,13H,11-12H2. The Labute approximate surface area is 82.9 Å². The third-order valence-electron chi connectivity index (χ3n) is 1.55. The molecule has 0 unspecified atom stereocenters. The summed E-state index contributed by atoms with van der Waals surface area (Å²) in [5.74, 6) is 0.823. The molecule has 13 heavy (non-hydrogen) atoms. The third-order valence-corrected chi connectivity index (χ3v) is 6.61. The maximum atomic E-state index is 5.54. The van der Waals surface area contributed by atoms with Gasteiger partial charge < -0.3 is 16.8 Å². The molecule has 0 atom stereocenters. The van der Waals surface area contributed by atoms with Crippen LogP contribution in [0.25, 0.3) is 0 Å². The summed E-state index contributed by atoms with van der Waals surface area (Å²) in [4.78, 5) is 0. The van der Waals surface area contributed by atoms with Crippen molar-refractivity contribution in [3.8, 4) is 5.75 Å². The molecule has 1 saturated heterocycles. The number of para-hydroxylation sites is 1. The first-order valence-corrected chi connectivity index (χ1v) is 7.70. The van der Waals surface area contributed by atoms with Gasteiger partial charge >= 0.3 is 9.53 Å². The first kappa shape index (κ1) is 9.12. The van der Waals surface area contributed by atoms with Gasteiger partial charge in [0, 0.05) is 0 Å². The maximum absolute atomic E-state index is 5.54. The second-order valence-electron chi connectivity index (χ2n) is 2.49. The van der Waals surface area contributed by atoms with Crippen molar-refractivity contribution in [1.82, 2.24) is 0 Å². The SMILES string of the molecule is c1ccc(O[SiH]2O[SiH2]O[SiH2]O2)cc1. The molecule has 0 aliphatic carbocycles. The van der Waals surface area contributed by atoms with Crippen LogP contribution in [0.1, 0.15) is 0 Å². The highest BCUT2D eigenvalue weighted by Crippen LogP contribution is 2.10.